The lowest BCUT2D eigenvalue weighted by Gasteiger charge is -2.31. The second kappa shape index (κ2) is 6.24. The minimum atomic E-state index is 0.0556. The number of ether oxygens (including phenoxy) is 1. The first-order chi connectivity index (χ1) is 11.7. The van der Waals surface area contributed by atoms with Gasteiger partial charge in [0.15, 0.2) is 0 Å². The largest absolute Gasteiger partial charge is 0.497 e. The third kappa shape index (κ3) is 2.75. The van der Waals surface area contributed by atoms with Crippen LogP contribution >= 0.6 is 15.9 Å². The van der Waals surface area contributed by atoms with Gasteiger partial charge in [-0.05, 0) is 52.2 Å². The van der Waals surface area contributed by atoms with Crippen LogP contribution in [0.4, 0.5) is 5.95 Å². The Labute approximate surface area is 148 Å². The zero-order valence-electron chi connectivity index (χ0n) is 13.1. The average Bonchev–Trinajstić information content (AvgIpc) is 3.10. The van der Waals surface area contributed by atoms with Gasteiger partial charge in [0.1, 0.15) is 5.75 Å². The summed E-state index contributed by atoms with van der Waals surface area (Å²) in [5.74, 6) is 1.52. The standard InChI is InChI=1S/C17H16BrN5O/c1-24-14-4-2-3-12(9-14)16-10-15(11-5-7-13(18)8-6-11)19-17-20-21-22-23(16)17/h2-9,15-16H,10H2,1H3,(H,19,20,22)/t15-,16-/m1/s1. The van der Waals surface area contributed by atoms with Crippen LogP contribution in [0.3, 0.4) is 0 Å². The molecule has 0 unspecified atom stereocenters. The fourth-order valence-corrected chi connectivity index (χ4v) is 3.34. The Kier molecular flexibility index (Phi) is 3.93. The molecule has 0 saturated carbocycles. The lowest BCUT2D eigenvalue weighted by atomic mass is 9.93. The highest BCUT2D eigenvalue weighted by Gasteiger charge is 2.30. The minimum Gasteiger partial charge on any atom is -0.497 e. The summed E-state index contributed by atoms with van der Waals surface area (Å²) in [7, 11) is 1.68. The Balaban J connectivity index is 1.72. The highest BCUT2D eigenvalue weighted by molar-refractivity contribution is 9.10. The molecule has 4 rings (SSSR count). The van der Waals surface area contributed by atoms with Crippen molar-refractivity contribution >= 4 is 21.9 Å². The quantitative estimate of drug-likeness (QED) is 0.745. The van der Waals surface area contributed by atoms with Gasteiger partial charge in [-0.15, -0.1) is 0 Å². The van der Waals surface area contributed by atoms with Gasteiger partial charge in [0.2, 0.25) is 5.95 Å². The molecule has 24 heavy (non-hydrogen) atoms. The van der Waals surface area contributed by atoms with Crippen LogP contribution in [0.5, 0.6) is 5.75 Å². The third-order valence-electron chi connectivity index (χ3n) is 4.30. The van der Waals surface area contributed by atoms with Crippen molar-refractivity contribution in [3.63, 3.8) is 0 Å². The molecule has 1 aliphatic heterocycles. The monoisotopic (exact) mass is 385 g/mol. The fourth-order valence-electron chi connectivity index (χ4n) is 3.08. The lowest BCUT2D eigenvalue weighted by molar-refractivity contribution is 0.404. The van der Waals surface area contributed by atoms with Gasteiger partial charge in [-0.2, -0.15) is 0 Å². The average molecular weight is 386 g/mol. The number of halogens is 1. The van der Waals surface area contributed by atoms with Crippen molar-refractivity contribution in [2.24, 2.45) is 0 Å². The summed E-state index contributed by atoms with van der Waals surface area (Å²) in [6, 6.07) is 16.6. The molecule has 3 aromatic rings. The number of nitrogens with zero attached hydrogens (tertiary/aromatic N) is 4. The maximum Gasteiger partial charge on any atom is 0.243 e. The molecule has 122 valence electrons. The van der Waals surface area contributed by atoms with Crippen molar-refractivity contribution in [3.8, 4) is 5.75 Å². The molecule has 0 fully saturated rings. The molecule has 2 atom stereocenters. The second-order valence-corrected chi connectivity index (χ2v) is 6.64. The summed E-state index contributed by atoms with van der Waals surface area (Å²) in [5, 5.41) is 15.5. The van der Waals surface area contributed by atoms with Crippen LogP contribution in [0.2, 0.25) is 0 Å². The topological polar surface area (TPSA) is 64.9 Å². The predicted molar refractivity (Wildman–Crippen MR) is 94.1 cm³/mol. The summed E-state index contributed by atoms with van der Waals surface area (Å²) in [4.78, 5) is 0. The van der Waals surface area contributed by atoms with Gasteiger partial charge in [-0.1, -0.05) is 45.3 Å². The van der Waals surface area contributed by atoms with Crippen molar-refractivity contribution in [1.82, 2.24) is 20.2 Å². The molecule has 1 N–H and O–H groups in total. The number of nitrogens with one attached hydrogen (secondary N) is 1. The second-order valence-electron chi connectivity index (χ2n) is 5.72. The maximum absolute atomic E-state index is 5.36. The number of fused-ring (bicyclic) bond motifs is 1. The van der Waals surface area contributed by atoms with Crippen LogP contribution < -0.4 is 10.1 Å². The van der Waals surface area contributed by atoms with Crippen LogP contribution in [0.15, 0.2) is 53.0 Å². The van der Waals surface area contributed by atoms with Gasteiger partial charge in [-0.3, -0.25) is 0 Å². The number of benzene rings is 2. The molecule has 0 radical (unpaired) electrons. The highest BCUT2D eigenvalue weighted by Crippen LogP contribution is 2.37. The highest BCUT2D eigenvalue weighted by atomic mass is 79.9. The summed E-state index contributed by atoms with van der Waals surface area (Å²) >= 11 is 3.48. The molecule has 0 bridgehead atoms. The van der Waals surface area contributed by atoms with Crippen LogP contribution in [0.25, 0.3) is 0 Å². The van der Waals surface area contributed by atoms with E-state index in [4.69, 9.17) is 4.74 Å². The number of anilines is 1. The molecule has 1 aliphatic rings. The van der Waals surface area contributed by atoms with Crippen LogP contribution in [-0.4, -0.2) is 27.3 Å². The Bertz CT molecular complexity index is 848. The Morgan fingerprint density at radius 3 is 2.79 bits per heavy atom. The summed E-state index contributed by atoms with van der Waals surface area (Å²) < 4.78 is 8.26. The fraction of sp³-hybridized carbons (Fsp3) is 0.235. The first kappa shape index (κ1) is 15.1. The molecule has 7 heteroatoms. The number of hydrogen-bond acceptors (Lipinski definition) is 5. The summed E-state index contributed by atoms with van der Waals surface area (Å²) in [6.45, 7) is 0. The smallest absolute Gasteiger partial charge is 0.243 e. The summed E-state index contributed by atoms with van der Waals surface area (Å²) in [6.07, 6.45) is 0.854. The number of aromatic nitrogens is 4. The maximum atomic E-state index is 5.36. The van der Waals surface area contributed by atoms with E-state index in [1.54, 1.807) is 7.11 Å². The predicted octanol–water partition coefficient (Wildman–Crippen LogP) is 3.59. The normalized spacial score (nSPS) is 19.4. The van der Waals surface area contributed by atoms with Crippen molar-refractivity contribution in [3.05, 3.63) is 64.1 Å². The van der Waals surface area contributed by atoms with Crippen LogP contribution in [0, 0.1) is 0 Å². The van der Waals surface area contributed by atoms with Gasteiger partial charge < -0.3 is 10.1 Å². The molecule has 2 aromatic carbocycles. The Morgan fingerprint density at radius 2 is 2.00 bits per heavy atom. The Hall–Kier alpha value is -2.41. The van der Waals surface area contributed by atoms with Crippen molar-refractivity contribution in [1.29, 1.82) is 0 Å². The molecule has 0 spiro atoms. The van der Waals surface area contributed by atoms with Crippen LogP contribution in [-0.2, 0) is 0 Å². The lowest BCUT2D eigenvalue weighted by Crippen LogP contribution is -2.28. The number of methoxy groups -OCH3 is 1. The van der Waals surface area contributed by atoms with Gasteiger partial charge >= 0.3 is 0 Å². The minimum absolute atomic E-state index is 0.0556. The van der Waals surface area contributed by atoms with E-state index < -0.39 is 0 Å². The van der Waals surface area contributed by atoms with E-state index >= 15 is 0 Å². The first-order valence-corrected chi connectivity index (χ1v) is 8.48. The van der Waals surface area contributed by atoms with E-state index in [-0.39, 0.29) is 12.1 Å². The van der Waals surface area contributed by atoms with Gasteiger partial charge in [-0.25, -0.2) is 4.68 Å². The number of hydrogen-bond donors (Lipinski definition) is 1. The number of tetrazole rings is 1. The molecule has 1 aromatic heterocycles. The molecular weight excluding hydrogens is 370 g/mol. The van der Waals surface area contributed by atoms with Crippen molar-refractivity contribution in [2.45, 2.75) is 18.5 Å². The molecule has 0 aliphatic carbocycles. The van der Waals surface area contributed by atoms with Gasteiger partial charge in [0, 0.05) is 4.47 Å². The van der Waals surface area contributed by atoms with E-state index in [1.165, 1.54) is 5.56 Å². The SMILES string of the molecule is COc1cccc([C@H]2C[C@H](c3ccc(Br)cc3)Nc3nnnn32)c1. The summed E-state index contributed by atoms with van der Waals surface area (Å²) in [5.41, 5.74) is 2.34. The van der Waals surface area contributed by atoms with E-state index in [1.807, 2.05) is 22.9 Å². The molecule has 0 saturated heterocycles. The van der Waals surface area contributed by atoms with Crippen molar-refractivity contribution < 1.29 is 4.74 Å². The van der Waals surface area contributed by atoms with E-state index in [9.17, 15) is 0 Å². The molecule has 0 amide bonds. The Morgan fingerprint density at radius 1 is 1.17 bits per heavy atom. The molecule has 2 heterocycles. The molecular formula is C17H16BrN5O. The van der Waals surface area contributed by atoms with Crippen molar-refractivity contribution in [2.75, 3.05) is 12.4 Å². The van der Waals surface area contributed by atoms with Gasteiger partial charge in [0.05, 0.1) is 19.2 Å². The van der Waals surface area contributed by atoms with E-state index in [2.05, 4.69) is 67.1 Å². The first-order valence-electron chi connectivity index (χ1n) is 7.68. The third-order valence-corrected chi connectivity index (χ3v) is 4.83. The zero-order valence-corrected chi connectivity index (χ0v) is 14.6. The molecule has 6 nitrogen and oxygen atoms in total. The van der Waals surface area contributed by atoms with E-state index in [0.717, 1.165) is 22.2 Å². The number of rotatable bonds is 3. The van der Waals surface area contributed by atoms with Gasteiger partial charge in [0.25, 0.3) is 0 Å². The van der Waals surface area contributed by atoms with Crippen LogP contribution in [0.1, 0.15) is 29.6 Å². The van der Waals surface area contributed by atoms with E-state index in [0.29, 0.717) is 5.95 Å². The zero-order chi connectivity index (χ0) is 16.5.